The summed E-state index contributed by atoms with van der Waals surface area (Å²) < 4.78 is 14.1. The predicted octanol–water partition coefficient (Wildman–Crippen LogP) is 2.59. The molecule has 0 saturated carbocycles. The highest BCUT2D eigenvalue weighted by Crippen LogP contribution is 2.38. The van der Waals surface area contributed by atoms with Gasteiger partial charge in [0, 0.05) is 38.4 Å². The van der Waals surface area contributed by atoms with Gasteiger partial charge in [0.05, 0.1) is 17.4 Å². The minimum atomic E-state index is -0.219. The SMILES string of the molecule is CC1=CN2C(=NC1C)C(N1CCNCC1)=Nc1cc(F)c(C)cc12. The van der Waals surface area contributed by atoms with E-state index < -0.39 is 0 Å². The van der Waals surface area contributed by atoms with Crippen LogP contribution in [0.15, 0.2) is 33.9 Å². The molecule has 0 amide bonds. The third-order valence-corrected chi connectivity index (χ3v) is 4.89. The molecule has 0 bridgehead atoms. The first-order valence-corrected chi connectivity index (χ1v) is 8.45. The van der Waals surface area contributed by atoms with Crippen LogP contribution < -0.4 is 10.2 Å². The van der Waals surface area contributed by atoms with Gasteiger partial charge in [0.2, 0.25) is 0 Å². The van der Waals surface area contributed by atoms with Crippen LogP contribution in [0, 0.1) is 12.7 Å². The van der Waals surface area contributed by atoms with Gasteiger partial charge in [0.1, 0.15) is 5.82 Å². The van der Waals surface area contributed by atoms with Crippen LogP contribution in [-0.2, 0) is 0 Å². The van der Waals surface area contributed by atoms with Crippen LogP contribution in [-0.4, -0.2) is 48.8 Å². The number of hydrogen-bond donors (Lipinski definition) is 1. The molecule has 1 atom stereocenters. The summed E-state index contributed by atoms with van der Waals surface area (Å²) in [6, 6.07) is 3.52. The number of anilines is 1. The van der Waals surface area contributed by atoms with E-state index in [0.717, 1.165) is 43.5 Å². The lowest BCUT2D eigenvalue weighted by atomic mass is 10.1. The molecule has 0 spiro atoms. The molecule has 1 aromatic carbocycles. The van der Waals surface area contributed by atoms with E-state index in [9.17, 15) is 4.39 Å². The van der Waals surface area contributed by atoms with Gasteiger partial charge in [-0.1, -0.05) is 0 Å². The molecule has 1 aromatic rings. The Morgan fingerprint density at radius 2 is 1.92 bits per heavy atom. The van der Waals surface area contributed by atoms with Crippen LogP contribution in [0.25, 0.3) is 0 Å². The fraction of sp³-hybridized carbons (Fsp3) is 0.444. The van der Waals surface area contributed by atoms with E-state index in [1.807, 2.05) is 6.07 Å². The van der Waals surface area contributed by atoms with Crippen molar-refractivity contribution in [1.82, 2.24) is 10.2 Å². The normalized spacial score (nSPS) is 23.2. The molecule has 1 fully saturated rings. The number of piperazine rings is 1. The number of rotatable bonds is 0. The molecule has 0 aromatic heterocycles. The number of aryl methyl sites for hydroxylation is 1. The van der Waals surface area contributed by atoms with Crippen molar-refractivity contribution >= 4 is 23.0 Å². The Bertz CT molecular complexity index is 774. The quantitative estimate of drug-likeness (QED) is 0.796. The van der Waals surface area contributed by atoms with Crippen LogP contribution in [0.3, 0.4) is 0 Å². The molecule has 6 heteroatoms. The Hall–Kier alpha value is -2.21. The molecule has 5 nitrogen and oxygen atoms in total. The van der Waals surface area contributed by atoms with E-state index >= 15 is 0 Å². The first-order valence-electron chi connectivity index (χ1n) is 8.45. The smallest absolute Gasteiger partial charge is 0.176 e. The van der Waals surface area contributed by atoms with Crippen molar-refractivity contribution in [1.29, 1.82) is 0 Å². The van der Waals surface area contributed by atoms with E-state index in [1.54, 1.807) is 6.92 Å². The zero-order valence-corrected chi connectivity index (χ0v) is 14.3. The molecule has 3 aliphatic rings. The van der Waals surface area contributed by atoms with Crippen LogP contribution in [0.4, 0.5) is 15.8 Å². The Morgan fingerprint density at radius 1 is 1.17 bits per heavy atom. The van der Waals surface area contributed by atoms with Crippen LogP contribution in [0.5, 0.6) is 0 Å². The molecule has 24 heavy (non-hydrogen) atoms. The predicted molar refractivity (Wildman–Crippen MR) is 95.8 cm³/mol. The van der Waals surface area contributed by atoms with Gasteiger partial charge in [-0.25, -0.2) is 9.38 Å². The van der Waals surface area contributed by atoms with E-state index in [2.05, 4.69) is 35.2 Å². The minimum absolute atomic E-state index is 0.132. The number of amidine groups is 2. The molecular weight excluding hydrogens is 305 g/mol. The summed E-state index contributed by atoms with van der Waals surface area (Å²) in [6.45, 7) is 9.57. The minimum Gasteiger partial charge on any atom is -0.351 e. The lowest BCUT2D eigenvalue weighted by Gasteiger charge is -2.39. The Morgan fingerprint density at radius 3 is 2.67 bits per heavy atom. The molecule has 1 N–H and O–H groups in total. The van der Waals surface area contributed by atoms with Crippen molar-refractivity contribution in [2.24, 2.45) is 9.98 Å². The van der Waals surface area contributed by atoms with Crippen molar-refractivity contribution in [3.05, 3.63) is 35.3 Å². The number of halogens is 1. The maximum atomic E-state index is 14.1. The maximum Gasteiger partial charge on any atom is 0.176 e. The number of aliphatic imine (C=N–C) groups is 2. The molecule has 126 valence electrons. The van der Waals surface area contributed by atoms with Gasteiger partial charge in [-0.3, -0.25) is 9.89 Å². The first-order chi connectivity index (χ1) is 11.5. The summed E-state index contributed by atoms with van der Waals surface area (Å²) in [5, 5.41) is 3.36. The highest BCUT2D eigenvalue weighted by Gasteiger charge is 2.33. The van der Waals surface area contributed by atoms with Crippen LogP contribution in [0.2, 0.25) is 0 Å². The molecule has 0 aliphatic carbocycles. The summed E-state index contributed by atoms with van der Waals surface area (Å²) in [5.74, 6) is 1.50. The molecule has 4 rings (SSSR count). The highest BCUT2D eigenvalue weighted by molar-refractivity contribution is 6.48. The fourth-order valence-corrected chi connectivity index (χ4v) is 3.26. The van der Waals surface area contributed by atoms with Gasteiger partial charge in [0.15, 0.2) is 11.7 Å². The fourth-order valence-electron chi connectivity index (χ4n) is 3.26. The Kier molecular flexibility index (Phi) is 3.64. The summed E-state index contributed by atoms with van der Waals surface area (Å²) in [6.07, 6.45) is 2.11. The van der Waals surface area contributed by atoms with Gasteiger partial charge in [-0.15, -0.1) is 0 Å². The topological polar surface area (TPSA) is 43.2 Å². The van der Waals surface area contributed by atoms with E-state index in [-0.39, 0.29) is 11.9 Å². The number of benzene rings is 1. The maximum absolute atomic E-state index is 14.1. The molecule has 1 unspecified atom stereocenters. The van der Waals surface area contributed by atoms with E-state index in [0.29, 0.717) is 11.3 Å². The standard InChI is InChI=1S/C18H22FN5/c1-11-8-16-15(9-14(11)19)22-17(23-6-4-20-5-7-23)18-21-13(3)12(2)10-24(16)18/h8-10,13,20H,4-7H2,1-3H3. The second-order valence-corrected chi connectivity index (χ2v) is 6.63. The average Bonchev–Trinajstić information content (AvgIpc) is 2.58. The number of nitrogens with zero attached hydrogens (tertiary/aromatic N) is 4. The van der Waals surface area contributed by atoms with Crippen molar-refractivity contribution in [3.63, 3.8) is 0 Å². The van der Waals surface area contributed by atoms with Crippen LogP contribution in [0.1, 0.15) is 19.4 Å². The lowest BCUT2D eigenvalue weighted by Crippen LogP contribution is -2.53. The summed E-state index contributed by atoms with van der Waals surface area (Å²) in [4.78, 5) is 14.0. The van der Waals surface area contributed by atoms with Gasteiger partial charge < -0.3 is 10.2 Å². The van der Waals surface area contributed by atoms with E-state index in [4.69, 9.17) is 9.98 Å². The largest absolute Gasteiger partial charge is 0.351 e. The Labute approximate surface area is 141 Å². The number of fused-ring (bicyclic) bond motifs is 3. The molecular formula is C18H22FN5. The third-order valence-electron chi connectivity index (χ3n) is 4.89. The first kappa shape index (κ1) is 15.3. The van der Waals surface area contributed by atoms with Crippen molar-refractivity contribution in [2.75, 3.05) is 31.1 Å². The lowest BCUT2D eigenvalue weighted by molar-refractivity contribution is 0.360. The molecule has 0 radical (unpaired) electrons. The second kappa shape index (κ2) is 5.70. The molecule has 1 saturated heterocycles. The van der Waals surface area contributed by atoms with Gasteiger partial charge >= 0.3 is 0 Å². The molecule has 3 heterocycles. The van der Waals surface area contributed by atoms with Crippen LogP contribution >= 0.6 is 0 Å². The summed E-state index contributed by atoms with van der Waals surface area (Å²) >= 11 is 0. The number of nitrogens with one attached hydrogen (secondary N) is 1. The zero-order chi connectivity index (χ0) is 16.8. The monoisotopic (exact) mass is 327 g/mol. The van der Waals surface area contributed by atoms with E-state index in [1.165, 1.54) is 11.6 Å². The molecule has 3 aliphatic heterocycles. The van der Waals surface area contributed by atoms with Gasteiger partial charge in [-0.05, 0) is 38.0 Å². The average molecular weight is 327 g/mol. The Balaban J connectivity index is 1.87. The summed E-state index contributed by atoms with van der Waals surface area (Å²) in [5.41, 5.74) is 3.38. The van der Waals surface area contributed by atoms with Gasteiger partial charge in [0.25, 0.3) is 0 Å². The second-order valence-electron chi connectivity index (χ2n) is 6.63. The van der Waals surface area contributed by atoms with Gasteiger partial charge in [-0.2, -0.15) is 0 Å². The van der Waals surface area contributed by atoms with Crippen molar-refractivity contribution in [3.8, 4) is 0 Å². The zero-order valence-electron chi connectivity index (χ0n) is 14.3. The number of hydrogen-bond acceptors (Lipinski definition) is 5. The van der Waals surface area contributed by atoms with Crippen molar-refractivity contribution in [2.45, 2.75) is 26.8 Å². The summed E-state index contributed by atoms with van der Waals surface area (Å²) in [7, 11) is 0. The third kappa shape index (κ3) is 2.41. The van der Waals surface area contributed by atoms with Crippen molar-refractivity contribution < 1.29 is 4.39 Å². The highest BCUT2D eigenvalue weighted by atomic mass is 19.1.